The zero-order chi connectivity index (χ0) is 13.2. The van der Waals surface area contributed by atoms with Gasteiger partial charge in [0.1, 0.15) is 11.1 Å². The van der Waals surface area contributed by atoms with Gasteiger partial charge >= 0.3 is 0 Å². The van der Waals surface area contributed by atoms with Crippen LogP contribution >= 0.6 is 11.3 Å². The molecule has 1 fully saturated rings. The van der Waals surface area contributed by atoms with Gasteiger partial charge in [-0.1, -0.05) is 0 Å². The van der Waals surface area contributed by atoms with Gasteiger partial charge in [-0.3, -0.25) is 4.90 Å². The van der Waals surface area contributed by atoms with E-state index in [1.54, 1.807) is 18.3 Å². The average Bonchev–Trinajstić information content (AvgIpc) is 3.09. The maximum atomic E-state index is 5.78. The van der Waals surface area contributed by atoms with Gasteiger partial charge in [0.25, 0.3) is 0 Å². The second kappa shape index (κ2) is 5.36. The van der Waals surface area contributed by atoms with Crippen LogP contribution in [0.1, 0.15) is 35.9 Å². The summed E-state index contributed by atoms with van der Waals surface area (Å²) in [6.45, 7) is 6.25. The molecule has 2 atom stereocenters. The second-order valence-corrected chi connectivity index (χ2v) is 5.49. The van der Waals surface area contributed by atoms with Gasteiger partial charge in [-0.15, -0.1) is 21.5 Å². The van der Waals surface area contributed by atoms with Crippen LogP contribution in [0.2, 0.25) is 0 Å². The number of ether oxygens (including phenoxy) is 1. The predicted octanol–water partition coefficient (Wildman–Crippen LogP) is 1.97. The molecule has 0 radical (unpaired) electrons. The first kappa shape index (κ1) is 12.7. The number of thiazole rings is 1. The molecule has 3 rings (SSSR count). The highest BCUT2D eigenvalue weighted by molar-refractivity contribution is 7.09. The van der Waals surface area contributed by atoms with Crippen LogP contribution < -0.4 is 0 Å². The van der Waals surface area contributed by atoms with Crippen molar-refractivity contribution in [3.8, 4) is 0 Å². The van der Waals surface area contributed by atoms with E-state index in [0.717, 1.165) is 18.1 Å². The van der Waals surface area contributed by atoms with Crippen molar-refractivity contribution in [2.45, 2.75) is 26.0 Å². The van der Waals surface area contributed by atoms with Crippen molar-refractivity contribution >= 4 is 11.3 Å². The van der Waals surface area contributed by atoms with Crippen LogP contribution in [-0.2, 0) is 4.74 Å². The number of morpholine rings is 1. The van der Waals surface area contributed by atoms with Gasteiger partial charge in [0.15, 0.2) is 0 Å². The summed E-state index contributed by atoms with van der Waals surface area (Å²) >= 11 is 1.63. The third kappa shape index (κ3) is 2.68. The Balaban J connectivity index is 1.71. The fourth-order valence-electron chi connectivity index (χ4n) is 2.20. The first-order valence-corrected chi connectivity index (χ1v) is 7.17. The molecule has 2 aromatic rings. The summed E-state index contributed by atoms with van der Waals surface area (Å²) in [7, 11) is 0. The smallest absolute Gasteiger partial charge is 0.233 e. The van der Waals surface area contributed by atoms with Crippen molar-refractivity contribution in [2.75, 3.05) is 19.7 Å². The Labute approximate surface area is 115 Å². The molecule has 1 aliphatic rings. The minimum atomic E-state index is 0.0419. The predicted molar refractivity (Wildman–Crippen MR) is 69.8 cm³/mol. The van der Waals surface area contributed by atoms with Gasteiger partial charge in [0.05, 0.1) is 12.6 Å². The summed E-state index contributed by atoms with van der Waals surface area (Å²) in [5, 5.41) is 11.0. The first-order chi connectivity index (χ1) is 9.24. The van der Waals surface area contributed by atoms with Crippen molar-refractivity contribution in [2.24, 2.45) is 0 Å². The molecular weight excluding hydrogens is 264 g/mol. The summed E-state index contributed by atoms with van der Waals surface area (Å²) < 4.78 is 11.3. The van der Waals surface area contributed by atoms with Crippen molar-refractivity contribution in [1.29, 1.82) is 0 Å². The minimum Gasteiger partial charge on any atom is -0.424 e. The van der Waals surface area contributed by atoms with Gasteiger partial charge in [0.2, 0.25) is 11.8 Å². The van der Waals surface area contributed by atoms with Crippen molar-refractivity contribution < 1.29 is 9.15 Å². The van der Waals surface area contributed by atoms with Gasteiger partial charge in [-0.05, 0) is 6.92 Å². The zero-order valence-corrected chi connectivity index (χ0v) is 11.8. The lowest BCUT2D eigenvalue weighted by Gasteiger charge is -2.34. The molecule has 0 saturated carbocycles. The molecule has 19 heavy (non-hydrogen) atoms. The minimum absolute atomic E-state index is 0.0419. The van der Waals surface area contributed by atoms with Gasteiger partial charge < -0.3 is 9.15 Å². The molecule has 0 N–H and O–H groups in total. The normalized spacial score (nSPS) is 22.5. The number of nitrogens with zero attached hydrogens (tertiary/aromatic N) is 4. The van der Waals surface area contributed by atoms with Crippen LogP contribution in [0.25, 0.3) is 0 Å². The van der Waals surface area contributed by atoms with E-state index in [-0.39, 0.29) is 12.1 Å². The quantitative estimate of drug-likeness (QED) is 0.856. The Morgan fingerprint density at radius 1 is 1.47 bits per heavy atom. The molecule has 0 spiro atoms. The van der Waals surface area contributed by atoms with Crippen LogP contribution in [0.4, 0.5) is 0 Å². The van der Waals surface area contributed by atoms with Crippen LogP contribution in [0.15, 0.2) is 16.0 Å². The Morgan fingerprint density at radius 3 is 3.05 bits per heavy atom. The number of aromatic nitrogens is 3. The van der Waals surface area contributed by atoms with Gasteiger partial charge in [-0.2, -0.15) is 0 Å². The van der Waals surface area contributed by atoms with Gasteiger partial charge in [0, 0.05) is 31.6 Å². The fourth-order valence-corrected chi connectivity index (χ4v) is 2.88. The third-order valence-electron chi connectivity index (χ3n) is 3.27. The lowest BCUT2D eigenvalue weighted by molar-refractivity contribution is -0.0465. The molecule has 0 bridgehead atoms. The molecule has 102 valence electrons. The van der Waals surface area contributed by atoms with E-state index in [0.29, 0.717) is 18.4 Å². The van der Waals surface area contributed by atoms with Crippen molar-refractivity contribution in [1.82, 2.24) is 20.1 Å². The van der Waals surface area contributed by atoms with E-state index in [1.807, 2.05) is 11.6 Å². The monoisotopic (exact) mass is 280 g/mol. The van der Waals surface area contributed by atoms with E-state index in [2.05, 4.69) is 27.0 Å². The summed E-state index contributed by atoms with van der Waals surface area (Å²) in [5.41, 5.74) is 0. The number of rotatable bonds is 3. The average molecular weight is 280 g/mol. The topological polar surface area (TPSA) is 64.3 Å². The standard InChI is InChI=1S/C12H16N4O2S/c1-8(11-15-14-9(2)18-11)16-4-5-17-10(7-16)12-13-3-6-19-12/h3,6,8,10H,4-5,7H2,1-2H3. The van der Waals surface area contributed by atoms with Crippen LogP contribution in [0, 0.1) is 6.92 Å². The molecule has 1 saturated heterocycles. The summed E-state index contributed by atoms with van der Waals surface area (Å²) in [6, 6.07) is 0.104. The summed E-state index contributed by atoms with van der Waals surface area (Å²) in [4.78, 5) is 6.62. The molecule has 0 aromatic carbocycles. The molecule has 6 nitrogen and oxygen atoms in total. The molecule has 7 heteroatoms. The van der Waals surface area contributed by atoms with E-state index >= 15 is 0 Å². The van der Waals surface area contributed by atoms with Crippen LogP contribution in [0.5, 0.6) is 0 Å². The van der Waals surface area contributed by atoms with E-state index in [1.165, 1.54) is 0 Å². The SMILES string of the molecule is Cc1nnc(C(C)N2CCOC(c3nccs3)C2)o1. The lowest BCUT2D eigenvalue weighted by atomic mass is 10.2. The highest BCUT2D eigenvalue weighted by atomic mass is 32.1. The molecular formula is C12H16N4O2S. The lowest BCUT2D eigenvalue weighted by Crippen LogP contribution is -2.39. The fraction of sp³-hybridized carbons (Fsp3) is 0.583. The van der Waals surface area contributed by atoms with E-state index < -0.39 is 0 Å². The molecule has 0 amide bonds. The molecule has 2 aromatic heterocycles. The Hall–Kier alpha value is -1.31. The first-order valence-electron chi connectivity index (χ1n) is 6.29. The number of hydrogen-bond donors (Lipinski definition) is 0. The highest BCUT2D eigenvalue weighted by Gasteiger charge is 2.29. The maximum absolute atomic E-state index is 5.78. The second-order valence-electron chi connectivity index (χ2n) is 4.56. The Morgan fingerprint density at radius 2 is 2.37 bits per heavy atom. The van der Waals surface area contributed by atoms with E-state index in [9.17, 15) is 0 Å². The molecule has 1 aliphatic heterocycles. The highest BCUT2D eigenvalue weighted by Crippen LogP contribution is 2.28. The molecule has 3 heterocycles. The number of aryl methyl sites for hydroxylation is 1. The largest absolute Gasteiger partial charge is 0.424 e. The Bertz CT molecular complexity index is 528. The van der Waals surface area contributed by atoms with E-state index in [4.69, 9.17) is 9.15 Å². The van der Waals surface area contributed by atoms with Crippen molar-refractivity contribution in [3.05, 3.63) is 28.4 Å². The molecule has 2 unspecified atom stereocenters. The van der Waals surface area contributed by atoms with Crippen molar-refractivity contribution in [3.63, 3.8) is 0 Å². The van der Waals surface area contributed by atoms with Gasteiger partial charge in [-0.25, -0.2) is 4.98 Å². The van der Waals surface area contributed by atoms with Crippen LogP contribution in [-0.4, -0.2) is 39.8 Å². The maximum Gasteiger partial charge on any atom is 0.233 e. The summed E-state index contributed by atoms with van der Waals surface area (Å²) in [5.74, 6) is 1.27. The Kier molecular flexibility index (Phi) is 3.58. The zero-order valence-electron chi connectivity index (χ0n) is 10.9. The molecule has 0 aliphatic carbocycles. The van der Waals surface area contributed by atoms with Crippen LogP contribution in [0.3, 0.4) is 0 Å². The third-order valence-corrected chi connectivity index (χ3v) is 4.14. The number of hydrogen-bond acceptors (Lipinski definition) is 7. The summed E-state index contributed by atoms with van der Waals surface area (Å²) in [6.07, 6.45) is 1.85.